The van der Waals surface area contributed by atoms with Crippen LogP contribution >= 0.6 is 0 Å². The van der Waals surface area contributed by atoms with Crippen LogP contribution < -0.4 is 10.1 Å². The molecule has 9 heteroatoms. The summed E-state index contributed by atoms with van der Waals surface area (Å²) in [6, 6.07) is 18.7. The van der Waals surface area contributed by atoms with Crippen molar-refractivity contribution < 1.29 is 28.6 Å². The summed E-state index contributed by atoms with van der Waals surface area (Å²) in [5, 5.41) is 2.95. The van der Waals surface area contributed by atoms with Gasteiger partial charge in [-0.15, -0.1) is 0 Å². The SMILES string of the molecule is CCOC(=O)C(C)CC(Cc1ccc(-c2ccccc2)cc1)NC(=O)c1cc(C(=O)OC)nc(OC)n1. The van der Waals surface area contributed by atoms with Crippen LogP contribution in [0.3, 0.4) is 0 Å². The Bertz CT molecular complexity index is 1210. The van der Waals surface area contributed by atoms with Crippen LogP contribution in [-0.2, 0) is 20.7 Å². The second kappa shape index (κ2) is 13.2. The van der Waals surface area contributed by atoms with Gasteiger partial charge in [-0.25, -0.2) is 4.79 Å². The number of nitrogens with one attached hydrogen (secondary N) is 1. The molecule has 2 aromatic carbocycles. The van der Waals surface area contributed by atoms with Gasteiger partial charge in [-0.3, -0.25) is 9.59 Å². The zero-order valence-electron chi connectivity index (χ0n) is 21.4. The summed E-state index contributed by atoms with van der Waals surface area (Å²) >= 11 is 0. The molecule has 2 atom stereocenters. The molecule has 0 fully saturated rings. The molecule has 0 saturated heterocycles. The Hall–Kier alpha value is -4.27. The normalized spacial score (nSPS) is 12.2. The molecule has 194 valence electrons. The molecule has 0 aliphatic rings. The molecule has 1 aromatic heterocycles. The molecule has 0 aliphatic carbocycles. The Balaban J connectivity index is 1.83. The third-order valence-corrected chi connectivity index (χ3v) is 5.72. The first-order chi connectivity index (χ1) is 17.8. The molecule has 1 amide bonds. The first-order valence-electron chi connectivity index (χ1n) is 12.0. The molecule has 0 spiro atoms. The molecule has 0 saturated carbocycles. The van der Waals surface area contributed by atoms with E-state index in [1.54, 1.807) is 13.8 Å². The fourth-order valence-corrected chi connectivity index (χ4v) is 3.85. The first kappa shape index (κ1) is 27.3. The first-order valence-corrected chi connectivity index (χ1v) is 12.0. The predicted octanol–water partition coefficient (Wildman–Crippen LogP) is 3.87. The van der Waals surface area contributed by atoms with E-state index in [4.69, 9.17) is 14.2 Å². The van der Waals surface area contributed by atoms with Crippen molar-refractivity contribution in [3.8, 4) is 17.1 Å². The van der Waals surface area contributed by atoms with Crippen molar-refractivity contribution in [1.82, 2.24) is 15.3 Å². The number of methoxy groups -OCH3 is 2. The molecule has 1 N–H and O–H groups in total. The number of ether oxygens (including phenoxy) is 3. The molecule has 9 nitrogen and oxygen atoms in total. The van der Waals surface area contributed by atoms with Crippen LogP contribution in [0.5, 0.6) is 6.01 Å². The smallest absolute Gasteiger partial charge is 0.356 e. The fourth-order valence-electron chi connectivity index (χ4n) is 3.85. The van der Waals surface area contributed by atoms with E-state index in [0.717, 1.165) is 16.7 Å². The minimum Gasteiger partial charge on any atom is -0.467 e. The highest BCUT2D eigenvalue weighted by Gasteiger charge is 2.24. The van der Waals surface area contributed by atoms with Crippen LogP contribution in [0.25, 0.3) is 11.1 Å². The van der Waals surface area contributed by atoms with Crippen LogP contribution in [0, 0.1) is 5.92 Å². The molecule has 0 aliphatic heterocycles. The van der Waals surface area contributed by atoms with Gasteiger partial charge in [0, 0.05) is 12.1 Å². The summed E-state index contributed by atoms with van der Waals surface area (Å²) in [7, 11) is 2.55. The van der Waals surface area contributed by atoms with Crippen LogP contribution in [0.2, 0.25) is 0 Å². The van der Waals surface area contributed by atoms with Crippen LogP contribution in [-0.4, -0.2) is 54.7 Å². The number of benzene rings is 2. The second-order valence-corrected chi connectivity index (χ2v) is 8.44. The third-order valence-electron chi connectivity index (χ3n) is 5.72. The summed E-state index contributed by atoms with van der Waals surface area (Å²) in [4.78, 5) is 45.5. The van der Waals surface area contributed by atoms with Crippen molar-refractivity contribution in [3.05, 3.63) is 77.6 Å². The zero-order valence-corrected chi connectivity index (χ0v) is 21.4. The highest BCUT2D eigenvalue weighted by Crippen LogP contribution is 2.21. The van der Waals surface area contributed by atoms with Gasteiger partial charge in [0.05, 0.1) is 26.7 Å². The minimum atomic E-state index is -0.722. The summed E-state index contributed by atoms with van der Waals surface area (Å²) in [5.41, 5.74) is 3.01. The second-order valence-electron chi connectivity index (χ2n) is 8.44. The lowest BCUT2D eigenvalue weighted by atomic mass is 9.94. The highest BCUT2D eigenvalue weighted by atomic mass is 16.5. The lowest BCUT2D eigenvalue weighted by Gasteiger charge is -2.22. The number of hydrogen-bond acceptors (Lipinski definition) is 8. The molecule has 0 bridgehead atoms. The standard InChI is InChI=1S/C28H31N3O6/c1-5-37-26(33)18(2)15-22(16-19-11-13-21(14-12-19)20-9-7-6-8-10-20)29-25(32)23-17-24(27(34)35-3)31-28(30-23)36-4/h6-14,17-18,22H,5,15-16H2,1-4H3,(H,29,32). The quantitative estimate of drug-likeness (QED) is 0.391. The fraction of sp³-hybridized carbons (Fsp3) is 0.321. The Labute approximate surface area is 216 Å². The molecule has 3 rings (SSSR count). The van der Waals surface area contributed by atoms with Gasteiger partial charge in [0.2, 0.25) is 0 Å². The summed E-state index contributed by atoms with van der Waals surface area (Å²) in [5.74, 6) is -2.04. The van der Waals surface area contributed by atoms with E-state index >= 15 is 0 Å². The van der Waals surface area contributed by atoms with Gasteiger partial charge in [-0.05, 0) is 36.5 Å². The summed E-state index contributed by atoms with van der Waals surface area (Å²) in [6.07, 6.45) is 0.813. The number of amides is 1. The van der Waals surface area contributed by atoms with Gasteiger partial charge < -0.3 is 19.5 Å². The molecule has 1 heterocycles. The highest BCUT2D eigenvalue weighted by molar-refractivity contribution is 5.95. The van der Waals surface area contributed by atoms with Gasteiger partial charge >= 0.3 is 17.9 Å². The van der Waals surface area contributed by atoms with Gasteiger partial charge in [0.15, 0.2) is 5.69 Å². The van der Waals surface area contributed by atoms with Gasteiger partial charge in [-0.1, -0.05) is 61.5 Å². The Morgan fingerprint density at radius 1 is 0.919 bits per heavy atom. The van der Waals surface area contributed by atoms with E-state index < -0.39 is 23.8 Å². The van der Waals surface area contributed by atoms with E-state index in [9.17, 15) is 14.4 Å². The zero-order chi connectivity index (χ0) is 26.8. The monoisotopic (exact) mass is 505 g/mol. The van der Waals surface area contributed by atoms with Gasteiger partial charge in [-0.2, -0.15) is 9.97 Å². The minimum absolute atomic E-state index is 0.0551. The lowest BCUT2D eigenvalue weighted by molar-refractivity contribution is -0.147. The lowest BCUT2D eigenvalue weighted by Crippen LogP contribution is -2.39. The van der Waals surface area contributed by atoms with Crippen molar-refractivity contribution in [1.29, 1.82) is 0 Å². The van der Waals surface area contributed by atoms with Crippen LogP contribution in [0.15, 0.2) is 60.7 Å². The maximum Gasteiger partial charge on any atom is 0.356 e. The number of rotatable bonds is 11. The van der Waals surface area contributed by atoms with Gasteiger partial charge in [0.25, 0.3) is 5.91 Å². The number of carbonyl (C=O) groups is 3. The number of esters is 2. The topological polar surface area (TPSA) is 117 Å². The summed E-state index contributed by atoms with van der Waals surface area (Å²) in [6.45, 7) is 3.79. The van der Waals surface area contributed by atoms with Crippen molar-refractivity contribution >= 4 is 17.8 Å². The number of nitrogens with zero attached hydrogens (tertiary/aromatic N) is 2. The maximum atomic E-state index is 13.2. The van der Waals surface area contributed by atoms with Crippen LogP contribution in [0.1, 0.15) is 46.8 Å². The van der Waals surface area contributed by atoms with Crippen molar-refractivity contribution in [2.45, 2.75) is 32.7 Å². The Kier molecular flexibility index (Phi) is 9.71. The average Bonchev–Trinajstić information content (AvgIpc) is 2.93. The van der Waals surface area contributed by atoms with Gasteiger partial charge in [0.1, 0.15) is 5.69 Å². The number of carbonyl (C=O) groups excluding carboxylic acids is 3. The Morgan fingerprint density at radius 3 is 2.19 bits per heavy atom. The molecule has 0 radical (unpaired) electrons. The van der Waals surface area contributed by atoms with E-state index in [1.807, 2.05) is 54.6 Å². The molecule has 2 unspecified atom stereocenters. The average molecular weight is 506 g/mol. The van der Waals surface area contributed by atoms with Crippen molar-refractivity contribution in [3.63, 3.8) is 0 Å². The van der Waals surface area contributed by atoms with E-state index in [1.165, 1.54) is 20.3 Å². The van der Waals surface area contributed by atoms with Crippen molar-refractivity contribution in [2.75, 3.05) is 20.8 Å². The molecular formula is C28H31N3O6. The van der Waals surface area contributed by atoms with E-state index in [-0.39, 0.29) is 30.0 Å². The predicted molar refractivity (Wildman–Crippen MR) is 137 cm³/mol. The molecular weight excluding hydrogens is 474 g/mol. The van der Waals surface area contributed by atoms with E-state index in [2.05, 4.69) is 15.3 Å². The molecule has 3 aromatic rings. The van der Waals surface area contributed by atoms with Crippen molar-refractivity contribution in [2.24, 2.45) is 5.92 Å². The van der Waals surface area contributed by atoms with E-state index in [0.29, 0.717) is 12.8 Å². The largest absolute Gasteiger partial charge is 0.467 e. The Morgan fingerprint density at radius 2 is 1.57 bits per heavy atom. The van der Waals surface area contributed by atoms with Crippen LogP contribution in [0.4, 0.5) is 0 Å². The summed E-state index contributed by atoms with van der Waals surface area (Å²) < 4.78 is 14.9. The maximum absolute atomic E-state index is 13.2. The third kappa shape index (κ3) is 7.60. The molecule has 37 heavy (non-hydrogen) atoms. The number of hydrogen-bond donors (Lipinski definition) is 1. The number of aromatic nitrogens is 2.